The van der Waals surface area contributed by atoms with Gasteiger partial charge >= 0.3 is 54.2 Å². The molecule has 0 saturated carbocycles. The maximum atomic E-state index is 9.46. The molecule has 9 nitrogen and oxygen atoms in total. The Labute approximate surface area is 103 Å². The smallest absolute Gasteiger partial charge is 0.565 e. The first-order valence-corrected chi connectivity index (χ1v) is 2.90. The minimum Gasteiger partial charge on any atom is -0.565 e. The summed E-state index contributed by atoms with van der Waals surface area (Å²) in [6.45, 7) is 0. The molecule has 0 saturated heterocycles. The molecule has 0 amide bonds. The Morgan fingerprint density at radius 2 is 1.21 bits per heavy atom. The van der Waals surface area contributed by atoms with Gasteiger partial charge in [-0.2, -0.15) is 0 Å². The van der Waals surface area contributed by atoms with E-state index < -0.39 is 18.5 Å². The fourth-order valence-corrected chi connectivity index (χ4v) is 0.226. The van der Waals surface area contributed by atoms with Crippen molar-refractivity contribution in [2.75, 3.05) is 0 Å². The van der Waals surface area contributed by atoms with Gasteiger partial charge < -0.3 is 33.6 Å². The van der Waals surface area contributed by atoms with E-state index >= 15 is 0 Å². The number of rotatable bonds is 2. The van der Waals surface area contributed by atoms with Crippen molar-refractivity contribution in [1.29, 1.82) is 0 Å². The molecule has 0 radical (unpaired) electrons. The maximum absolute atomic E-state index is 9.46. The Morgan fingerprint density at radius 3 is 1.36 bits per heavy atom. The van der Waals surface area contributed by atoms with Crippen molar-refractivity contribution in [3.8, 4) is 0 Å². The van der Waals surface area contributed by atoms with Crippen LogP contribution in [0.2, 0.25) is 0 Å². The molecule has 11 heteroatoms. The third-order valence-electron chi connectivity index (χ3n) is 0.211. The van der Waals surface area contributed by atoms with E-state index in [9.17, 15) is 9.59 Å². The molecular weight excluding hydrogens is 235 g/mol. The van der Waals surface area contributed by atoms with Gasteiger partial charge in [0.1, 0.15) is 0 Å². The van der Waals surface area contributed by atoms with Crippen LogP contribution in [0, 0.1) is 0 Å². The van der Waals surface area contributed by atoms with Crippen LogP contribution in [0.5, 0.6) is 0 Å². The normalized spacial score (nSPS) is 6.86. The van der Waals surface area contributed by atoms with E-state index in [1.165, 1.54) is 0 Å². The monoisotopic (exact) mass is 238 g/mol. The molecule has 0 heterocycles. The summed E-state index contributed by atoms with van der Waals surface area (Å²) in [6.07, 6.45) is -5.30. The molecule has 0 aromatic carbocycles. The summed E-state index contributed by atoms with van der Waals surface area (Å²) in [5.41, 5.74) is 0. The Kier molecular flexibility index (Phi) is 16.4. The van der Waals surface area contributed by atoms with Gasteiger partial charge in [-0.05, 0) is 0 Å². The van der Waals surface area contributed by atoms with Gasteiger partial charge in [0.2, 0.25) is 6.16 Å². The van der Waals surface area contributed by atoms with Gasteiger partial charge in [-0.1, -0.05) is 0 Å². The quantitative estimate of drug-likeness (QED) is 0.331. The second-order valence-corrected chi connectivity index (χ2v) is 1.50. The summed E-state index contributed by atoms with van der Waals surface area (Å²) >= 11 is -0.130. The van der Waals surface area contributed by atoms with E-state index in [0.29, 0.717) is 0 Å². The molecule has 0 fully saturated rings. The van der Waals surface area contributed by atoms with Crippen molar-refractivity contribution in [2.45, 2.75) is 0 Å². The Balaban J connectivity index is -0.000000209. The van der Waals surface area contributed by atoms with Crippen LogP contribution in [0.15, 0.2) is 0 Å². The fourth-order valence-electron chi connectivity index (χ4n) is 0.0752. The second kappa shape index (κ2) is 12.2. The molecule has 0 aliphatic carbocycles. The summed E-state index contributed by atoms with van der Waals surface area (Å²) in [5, 5.41) is 30.7. The topological polar surface area (TPSA) is 153 Å². The zero-order valence-corrected chi connectivity index (χ0v) is 9.52. The van der Waals surface area contributed by atoms with Crippen LogP contribution in [0.25, 0.3) is 0 Å². The van der Waals surface area contributed by atoms with E-state index in [4.69, 9.17) is 25.2 Å². The molecule has 0 aliphatic rings. The summed E-state index contributed by atoms with van der Waals surface area (Å²) in [4.78, 5) is 27.4. The van der Waals surface area contributed by atoms with Gasteiger partial charge in [-0.25, -0.2) is 9.59 Å². The second-order valence-electron chi connectivity index (χ2n) is 1.03. The minimum atomic E-state index is -2.08. The largest absolute Gasteiger partial charge is 1.00 e. The first-order valence-electron chi connectivity index (χ1n) is 2.23. The van der Waals surface area contributed by atoms with Crippen LogP contribution in [-0.2, 0) is 8.37 Å². The van der Waals surface area contributed by atoms with E-state index in [-0.39, 0.29) is 41.9 Å². The third kappa shape index (κ3) is 43.3. The molecular formula is C3H3NaO9S. The van der Waals surface area contributed by atoms with Gasteiger partial charge in [0.15, 0.2) is 0 Å². The van der Waals surface area contributed by atoms with Crippen molar-refractivity contribution < 1.29 is 72.7 Å². The van der Waals surface area contributed by atoms with E-state index in [0.717, 1.165) is 0 Å². The summed E-state index contributed by atoms with van der Waals surface area (Å²) in [7, 11) is 0. The molecule has 0 spiro atoms. The zero-order valence-electron chi connectivity index (χ0n) is 6.70. The molecule has 0 aromatic rings. The summed E-state index contributed by atoms with van der Waals surface area (Å²) in [6, 6.07) is 0. The molecule has 3 N–H and O–H groups in total. The van der Waals surface area contributed by atoms with Crippen LogP contribution < -0.4 is 34.7 Å². The summed E-state index contributed by atoms with van der Waals surface area (Å²) < 4.78 is 7.17. The van der Waals surface area contributed by atoms with Crippen LogP contribution in [0.1, 0.15) is 0 Å². The predicted molar refractivity (Wildman–Crippen MR) is 33.8 cm³/mol. The van der Waals surface area contributed by atoms with E-state index in [1.807, 2.05) is 0 Å². The van der Waals surface area contributed by atoms with Gasteiger partial charge in [0.05, 0.1) is 0 Å². The standard InChI is InChI=1S/C2H2O6S.CH2O3.Na/c3-1(4)7-9-8-2(5)6;2-1(3)4;/h(H,3,4)(H,5,6);(H2,2,3,4);/q;;+1/p-1. The molecule has 0 aliphatic heterocycles. The van der Waals surface area contributed by atoms with Crippen molar-refractivity contribution in [3.63, 3.8) is 0 Å². The average molecular weight is 238 g/mol. The van der Waals surface area contributed by atoms with Crippen molar-refractivity contribution in [3.05, 3.63) is 0 Å². The molecule has 14 heavy (non-hydrogen) atoms. The Hall–Kier alpha value is -0.840. The zero-order chi connectivity index (χ0) is 10.9. The molecule has 0 unspecified atom stereocenters. The number of hydrogen-bond donors (Lipinski definition) is 3. The first-order chi connectivity index (χ1) is 5.86. The van der Waals surface area contributed by atoms with Gasteiger partial charge in [-0.3, -0.25) is 0 Å². The fraction of sp³-hybridized carbons (Fsp3) is 0. The van der Waals surface area contributed by atoms with Crippen LogP contribution >= 0.6 is 12.3 Å². The minimum absolute atomic E-state index is 0. The third-order valence-corrected chi connectivity index (χ3v) is 0.632. The molecule has 0 bridgehead atoms. The average Bonchev–Trinajstić information content (AvgIpc) is 1.83. The number of carboxylic acid groups (broad SMARTS) is 4. The number of hydrogen-bond acceptors (Lipinski definition) is 7. The van der Waals surface area contributed by atoms with Gasteiger partial charge in [0.25, 0.3) is 0 Å². The maximum Gasteiger partial charge on any atom is 1.00 e. The number of carbonyl (C=O) groups is 3. The van der Waals surface area contributed by atoms with E-state index in [1.54, 1.807) is 0 Å². The van der Waals surface area contributed by atoms with Crippen LogP contribution in [0.3, 0.4) is 0 Å². The predicted octanol–water partition coefficient (Wildman–Crippen LogP) is -3.17. The molecule has 76 valence electrons. The molecule has 0 atom stereocenters. The first kappa shape index (κ1) is 18.9. The van der Waals surface area contributed by atoms with Crippen molar-refractivity contribution in [2.24, 2.45) is 0 Å². The molecule has 0 aromatic heterocycles. The Morgan fingerprint density at radius 1 is 1.00 bits per heavy atom. The molecule has 0 rings (SSSR count). The van der Waals surface area contributed by atoms with E-state index in [2.05, 4.69) is 8.37 Å². The van der Waals surface area contributed by atoms with Gasteiger partial charge in [0, 0.05) is 0 Å². The Bertz CT molecular complexity index is 174. The SMILES string of the molecule is O=C(O)OSOC(=O)O.O=C([O-])O.[Na+]. The van der Waals surface area contributed by atoms with Crippen molar-refractivity contribution >= 4 is 30.8 Å². The van der Waals surface area contributed by atoms with Crippen LogP contribution in [-0.4, -0.2) is 33.8 Å². The van der Waals surface area contributed by atoms with Crippen molar-refractivity contribution in [1.82, 2.24) is 0 Å². The van der Waals surface area contributed by atoms with Crippen LogP contribution in [0.4, 0.5) is 14.4 Å². The van der Waals surface area contributed by atoms with Gasteiger partial charge in [-0.15, -0.1) is 0 Å². The summed E-state index contributed by atoms with van der Waals surface area (Å²) in [5.74, 6) is 0.